The summed E-state index contributed by atoms with van der Waals surface area (Å²) in [5, 5.41) is 1.52. The zero-order chi connectivity index (χ0) is 9.07. The predicted molar refractivity (Wildman–Crippen MR) is 36.9 cm³/mol. The molecule has 0 saturated carbocycles. The Kier molecular flexibility index (Phi) is 3.44. The summed E-state index contributed by atoms with van der Waals surface area (Å²) in [5.41, 5.74) is 0. The minimum atomic E-state index is -4.83. The molecule has 0 fully saturated rings. The Morgan fingerprint density at radius 1 is 1.55 bits per heavy atom. The van der Waals surface area contributed by atoms with Crippen molar-refractivity contribution in [2.75, 3.05) is 0 Å². The molecule has 0 aromatic rings. The van der Waals surface area contributed by atoms with Crippen LogP contribution in [0.5, 0.6) is 0 Å². The van der Waals surface area contributed by atoms with Crippen LogP contribution in [0.4, 0.5) is 13.2 Å². The van der Waals surface area contributed by atoms with Gasteiger partial charge in [-0.15, -0.1) is 12.6 Å². The lowest BCUT2D eigenvalue weighted by Gasteiger charge is -2.03. The van der Waals surface area contributed by atoms with Gasteiger partial charge in [-0.2, -0.15) is 13.2 Å². The first kappa shape index (κ1) is 10.3. The third-order valence-electron chi connectivity index (χ3n) is 0.670. The molecule has 0 aliphatic rings. The first-order valence-electron chi connectivity index (χ1n) is 2.57. The summed E-state index contributed by atoms with van der Waals surface area (Å²) in [6, 6.07) is 0. The fourth-order valence-electron chi connectivity index (χ4n) is 0.252. The number of nitrogens with one attached hydrogen (secondary N) is 1. The smallest absolute Gasteiger partial charge is 0.324 e. The second-order valence-corrected chi connectivity index (χ2v) is 2.46. The lowest BCUT2D eigenvalue weighted by molar-refractivity contribution is -0.172. The predicted octanol–water partition coefficient (Wildman–Crippen LogP) is 1.46. The molecular formula is C5H6F3NOS. The number of thiol groups is 1. The largest absolute Gasteiger partial charge is 0.471 e. The van der Waals surface area contributed by atoms with Gasteiger partial charge in [0, 0.05) is 6.20 Å². The summed E-state index contributed by atoms with van der Waals surface area (Å²) in [7, 11) is 0. The summed E-state index contributed by atoms with van der Waals surface area (Å²) in [5.74, 6) is -1.99. The highest BCUT2D eigenvalue weighted by molar-refractivity contribution is 7.84. The highest BCUT2D eigenvalue weighted by atomic mass is 32.1. The van der Waals surface area contributed by atoms with Crippen LogP contribution in [0.15, 0.2) is 11.1 Å². The van der Waals surface area contributed by atoms with Crippen LogP contribution in [0.1, 0.15) is 6.92 Å². The van der Waals surface area contributed by atoms with Crippen molar-refractivity contribution in [2.45, 2.75) is 13.1 Å². The van der Waals surface area contributed by atoms with E-state index in [0.29, 0.717) is 4.91 Å². The lowest BCUT2D eigenvalue weighted by atomic mass is 10.6. The van der Waals surface area contributed by atoms with Gasteiger partial charge in [0.1, 0.15) is 0 Å². The molecule has 1 N–H and O–H groups in total. The molecule has 0 aromatic heterocycles. The van der Waals surface area contributed by atoms with Crippen LogP contribution in [-0.4, -0.2) is 12.1 Å². The Bertz CT molecular complexity index is 183. The second kappa shape index (κ2) is 3.66. The quantitative estimate of drug-likeness (QED) is 0.595. The van der Waals surface area contributed by atoms with Gasteiger partial charge in [-0.3, -0.25) is 4.79 Å². The van der Waals surface area contributed by atoms with Crippen LogP contribution in [0, 0.1) is 0 Å². The molecule has 0 atom stereocenters. The van der Waals surface area contributed by atoms with Crippen molar-refractivity contribution in [2.24, 2.45) is 0 Å². The second-order valence-electron chi connectivity index (χ2n) is 1.76. The van der Waals surface area contributed by atoms with Crippen molar-refractivity contribution >= 4 is 18.5 Å². The van der Waals surface area contributed by atoms with E-state index in [1.807, 2.05) is 0 Å². The Morgan fingerprint density at radius 2 is 2.00 bits per heavy atom. The molecule has 0 rings (SSSR count). The zero-order valence-electron chi connectivity index (χ0n) is 5.57. The maximum atomic E-state index is 11.4. The monoisotopic (exact) mass is 185 g/mol. The molecule has 0 heterocycles. The average Bonchev–Trinajstić information content (AvgIpc) is 1.80. The van der Waals surface area contributed by atoms with Crippen molar-refractivity contribution in [3.63, 3.8) is 0 Å². The zero-order valence-corrected chi connectivity index (χ0v) is 6.46. The number of carbonyl (C=O) groups excluding carboxylic acids is 1. The summed E-state index contributed by atoms with van der Waals surface area (Å²) in [6.07, 6.45) is -3.96. The molecule has 0 saturated heterocycles. The molecule has 0 unspecified atom stereocenters. The van der Waals surface area contributed by atoms with E-state index in [4.69, 9.17) is 0 Å². The first-order valence-corrected chi connectivity index (χ1v) is 3.02. The van der Waals surface area contributed by atoms with Crippen LogP contribution in [0.25, 0.3) is 0 Å². The van der Waals surface area contributed by atoms with Crippen molar-refractivity contribution in [1.29, 1.82) is 0 Å². The van der Waals surface area contributed by atoms with Gasteiger partial charge in [0.15, 0.2) is 0 Å². The minimum Gasteiger partial charge on any atom is -0.324 e. The van der Waals surface area contributed by atoms with E-state index in [0.717, 1.165) is 6.20 Å². The maximum absolute atomic E-state index is 11.4. The van der Waals surface area contributed by atoms with Crippen molar-refractivity contribution in [3.05, 3.63) is 11.1 Å². The highest BCUT2D eigenvalue weighted by Crippen LogP contribution is 2.14. The minimum absolute atomic E-state index is 0.294. The van der Waals surface area contributed by atoms with Gasteiger partial charge in [0.05, 0.1) is 0 Å². The third-order valence-corrected chi connectivity index (χ3v) is 0.799. The van der Waals surface area contributed by atoms with Crippen molar-refractivity contribution in [3.8, 4) is 0 Å². The van der Waals surface area contributed by atoms with E-state index in [9.17, 15) is 18.0 Å². The molecule has 0 bridgehead atoms. The van der Waals surface area contributed by atoms with Crippen LogP contribution in [0.3, 0.4) is 0 Å². The van der Waals surface area contributed by atoms with E-state index in [1.165, 1.54) is 12.2 Å². The normalized spacial score (nSPS) is 13.0. The molecule has 0 aliphatic carbocycles. The van der Waals surface area contributed by atoms with E-state index in [-0.39, 0.29) is 0 Å². The van der Waals surface area contributed by atoms with Crippen molar-refractivity contribution in [1.82, 2.24) is 5.32 Å². The van der Waals surface area contributed by atoms with Crippen molar-refractivity contribution < 1.29 is 18.0 Å². The standard InChI is InChI=1S/C5H6F3NOS/c1-3(11)2-9-4(10)5(6,7)8/h2,11H,1H3,(H,9,10)/b3-2-. The number of halogens is 3. The Morgan fingerprint density at radius 3 is 2.27 bits per heavy atom. The van der Waals surface area contributed by atoms with Gasteiger partial charge in [0.25, 0.3) is 0 Å². The molecule has 0 aromatic carbocycles. The van der Waals surface area contributed by atoms with Crippen LogP contribution in [-0.2, 0) is 4.79 Å². The number of hydrogen-bond donors (Lipinski definition) is 2. The molecule has 2 nitrogen and oxygen atoms in total. The Hall–Kier alpha value is -0.650. The highest BCUT2D eigenvalue weighted by Gasteiger charge is 2.37. The van der Waals surface area contributed by atoms with Crippen LogP contribution in [0.2, 0.25) is 0 Å². The van der Waals surface area contributed by atoms with E-state index >= 15 is 0 Å². The van der Waals surface area contributed by atoms with Gasteiger partial charge in [0.2, 0.25) is 0 Å². The number of allylic oxidation sites excluding steroid dienone is 1. The average molecular weight is 185 g/mol. The van der Waals surface area contributed by atoms with Crippen LogP contribution >= 0.6 is 12.6 Å². The third kappa shape index (κ3) is 4.72. The van der Waals surface area contributed by atoms with E-state index in [1.54, 1.807) is 0 Å². The summed E-state index contributed by atoms with van der Waals surface area (Å²) in [6.45, 7) is 1.44. The first-order chi connectivity index (χ1) is 4.84. The molecule has 64 valence electrons. The molecule has 11 heavy (non-hydrogen) atoms. The van der Waals surface area contributed by atoms with E-state index < -0.39 is 12.1 Å². The summed E-state index contributed by atoms with van der Waals surface area (Å²) in [4.78, 5) is 10.3. The molecule has 1 amide bonds. The van der Waals surface area contributed by atoms with E-state index in [2.05, 4.69) is 12.6 Å². The van der Waals surface area contributed by atoms with Gasteiger partial charge >= 0.3 is 12.1 Å². The fourth-order valence-corrected chi connectivity index (χ4v) is 0.316. The molecule has 0 aliphatic heterocycles. The summed E-state index contributed by atoms with van der Waals surface area (Å²) < 4.78 is 34.3. The number of rotatable bonds is 1. The topological polar surface area (TPSA) is 29.1 Å². The number of alkyl halides is 3. The Balaban J connectivity index is 4.01. The van der Waals surface area contributed by atoms with Crippen LogP contribution < -0.4 is 5.32 Å². The molecular weight excluding hydrogens is 179 g/mol. The fraction of sp³-hybridized carbons (Fsp3) is 0.400. The van der Waals surface area contributed by atoms with Gasteiger partial charge in [-0.05, 0) is 11.8 Å². The number of amides is 1. The summed E-state index contributed by atoms with van der Waals surface area (Å²) >= 11 is 3.65. The maximum Gasteiger partial charge on any atom is 0.471 e. The molecule has 0 radical (unpaired) electrons. The van der Waals surface area contributed by atoms with Gasteiger partial charge < -0.3 is 5.32 Å². The molecule has 0 spiro atoms. The lowest BCUT2D eigenvalue weighted by Crippen LogP contribution is -2.33. The van der Waals surface area contributed by atoms with Gasteiger partial charge in [-0.1, -0.05) is 0 Å². The number of hydrogen-bond acceptors (Lipinski definition) is 2. The SMILES string of the molecule is C/C(S)=C/NC(=O)C(F)(F)F. The Labute approximate surface area is 66.9 Å². The molecule has 6 heteroatoms. The number of carbonyl (C=O) groups is 1. The van der Waals surface area contributed by atoms with Gasteiger partial charge in [-0.25, -0.2) is 0 Å².